The van der Waals surface area contributed by atoms with E-state index in [0.29, 0.717) is 29.9 Å². The summed E-state index contributed by atoms with van der Waals surface area (Å²) in [6, 6.07) is 7.75. The molecule has 4 nitrogen and oxygen atoms in total. The van der Waals surface area contributed by atoms with E-state index in [1.165, 1.54) is 0 Å². The monoisotopic (exact) mass is 266 g/mol. The van der Waals surface area contributed by atoms with E-state index < -0.39 is 6.10 Å². The van der Waals surface area contributed by atoms with Crippen LogP contribution in [0.2, 0.25) is 0 Å². The summed E-state index contributed by atoms with van der Waals surface area (Å²) in [7, 11) is 2.02. The van der Waals surface area contributed by atoms with Gasteiger partial charge in [0.2, 0.25) is 0 Å². The van der Waals surface area contributed by atoms with Crippen molar-refractivity contribution in [2.24, 2.45) is 5.92 Å². The molecule has 0 bridgehead atoms. The number of hydrogen-bond donors (Lipinski definition) is 2. The van der Waals surface area contributed by atoms with Gasteiger partial charge in [0, 0.05) is 12.6 Å². The maximum absolute atomic E-state index is 9.99. The summed E-state index contributed by atoms with van der Waals surface area (Å²) in [5.74, 6) is 1.18. The van der Waals surface area contributed by atoms with E-state index in [9.17, 15) is 5.11 Å². The topological polar surface area (TPSA) is 58.7 Å². The van der Waals surface area contributed by atoms with Gasteiger partial charge in [-0.2, -0.15) is 0 Å². The number of nitrogens with zero attached hydrogens (tertiary/aromatic N) is 1. The molecule has 1 aromatic rings. The lowest BCUT2D eigenvalue weighted by atomic mass is 10.1. The molecular formula is C15H26N2O2. The van der Waals surface area contributed by atoms with Gasteiger partial charge in [0.25, 0.3) is 0 Å². The Bertz CT molecular complexity index is 382. The highest BCUT2D eigenvalue weighted by molar-refractivity contribution is 5.51. The molecule has 3 N–H and O–H groups in total. The number of likely N-dealkylation sites (N-methyl/N-ethyl adjacent to an activating group) is 1. The first-order chi connectivity index (χ1) is 8.91. The van der Waals surface area contributed by atoms with Crippen molar-refractivity contribution in [3.63, 3.8) is 0 Å². The van der Waals surface area contributed by atoms with Crippen molar-refractivity contribution in [1.82, 2.24) is 4.90 Å². The molecule has 0 spiro atoms. The number of nitrogen functional groups attached to an aromatic ring is 1. The Morgan fingerprint density at radius 2 is 1.89 bits per heavy atom. The Labute approximate surface area is 116 Å². The predicted molar refractivity (Wildman–Crippen MR) is 79.3 cm³/mol. The molecule has 0 amide bonds. The lowest BCUT2D eigenvalue weighted by molar-refractivity contribution is 0.0585. The first-order valence-corrected chi connectivity index (χ1v) is 6.77. The summed E-state index contributed by atoms with van der Waals surface area (Å²) < 4.78 is 5.54. The van der Waals surface area contributed by atoms with Crippen molar-refractivity contribution < 1.29 is 9.84 Å². The van der Waals surface area contributed by atoms with E-state index in [2.05, 4.69) is 25.7 Å². The van der Waals surface area contributed by atoms with Crippen molar-refractivity contribution in [3.8, 4) is 5.75 Å². The molecule has 0 fully saturated rings. The molecule has 2 atom stereocenters. The summed E-state index contributed by atoms with van der Waals surface area (Å²) in [4.78, 5) is 2.15. The third kappa shape index (κ3) is 5.09. The van der Waals surface area contributed by atoms with Gasteiger partial charge in [0.05, 0.1) is 5.69 Å². The first kappa shape index (κ1) is 15.8. The fourth-order valence-electron chi connectivity index (χ4n) is 1.86. The zero-order chi connectivity index (χ0) is 14.4. The minimum atomic E-state index is -0.522. The van der Waals surface area contributed by atoms with Gasteiger partial charge >= 0.3 is 0 Å². The Morgan fingerprint density at radius 3 is 2.47 bits per heavy atom. The second-order valence-corrected chi connectivity index (χ2v) is 5.43. The number of aliphatic hydroxyl groups excluding tert-OH is 1. The number of aliphatic hydroxyl groups is 1. The highest BCUT2D eigenvalue weighted by Crippen LogP contribution is 2.19. The number of nitrogens with two attached hydrogens (primary N) is 1. The average Bonchev–Trinajstić information content (AvgIpc) is 2.36. The van der Waals surface area contributed by atoms with Crippen LogP contribution in [0.1, 0.15) is 20.8 Å². The normalized spacial score (nSPS) is 14.7. The zero-order valence-electron chi connectivity index (χ0n) is 12.3. The first-order valence-electron chi connectivity index (χ1n) is 6.77. The van der Waals surface area contributed by atoms with Crippen LogP contribution in [0.4, 0.5) is 5.69 Å². The standard InChI is InChI=1S/C15H26N2O2/c1-11(2)12(3)17(4)9-13(18)10-19-15-8-6-5-7-14(15)16/h5-8,11-13,18H,9-10,16H2,1-4H3. The van der Waals surface area contributed by atoms with Gasteiger partial charge in [-0.1, -0.05) is 26.0 Å². The van der Waals surface area contributed by atoms with Gasteiger partial charge in [-0.25, -0.2) is 0 Å². The Balaban J connectivity index is 2.40. The fourth-order valence-corrected chi connectivity index (χ4v) is 1.86. The minimum Gasteiger partial charge on any atom is -0.489 e. The van der Waals surface area contributed by atoms with Gasteiger partial charge < -0.3 is 20.5 Å². The summed E-state index contributed by atoms with van der Waals surface area (Å²) in [6.45, 7) is 7.35. The van der Waals surface area contributed by atoms with Crippen LogP contribution in [0.3, 0.4) is 0 Å². The van der Waals surface area contributed by atoms with E-state index in [4.69, 9.17) is 10.5 Å². The van der Waals surface area contributed by atoms with Gasteiger partial charge in [-0.05, 0) is 32.0 Å². The van der Waals surface area contributed by atoms with Gasteiger partial charge in [-0.3, -0.25) is 0 Å². The third-order valence-corrected chi connectivity index (χ3v) is 3.51. The van der Waals surface area contributed by atoms with Gasteiger partial charge in [0.15, 0.2) is 0 Å². The number of hydrogen-bond acceptors (Lipinski definition) is 4. The molecule has 0 saturated heterocycles. The van der Waals surface area contributed by atoms with Crippen molar-refractivity contribution in [2.45, 2.75) is 32.9 Å². The van der Waals surface area contributed by atoms with E-state index in [1.807, 2.05) is 25.2 Å². The summed E-state index contributed by atoms with van der Waals surface area (Å²) >= 11 is 0. The molecular weight excluding hydrogens is 240 g/mol. The van der Waals surface area contributed by atoms with E-state index in [-0.39, 0.29) is 6.61 Å². The Hall–Kier alpha value is -1.26. The van der Waals surface area contributed by atoms with Crippen LogP contribution in [0, 0.1) is 5.92 Å². The highest BCUT2D eigenvalue weighted by Gasteiger charge is 2.17. The number of para-hydroxylation sites is 2. The smallest absolute Gasteiger partial charge is 0.142 e. The van der Waals surface area contributed by atoms with Crippen LogP contribution < -0.4 is 10.5 Å². The fraction of sp³-hybridized carbons (Fsp3) is 0.600. The van der Waals surface area contributed by atoms with Crippen LogP contribution in [0.25, 0.3) is 0 Å². The highest BCUT2D eigenvalue weighted by atomic mass is 16.5. The largest absolute Gasteiger partial charge is 0.489 e. The van der Waals surface area contributed by atoms with E-state index in [1.54, 1.807) is 6.07 Å². The Kier molecular flexibility index (Phi) is 6.12. The molecule has 4 heteroatoms. The maximum atomic E-state index is 9.99. The molecule has 1 rings (SSSR count). The number of benzene rings is 1. The molecule has 0 aliphatic rings. The number of anilines is 1. The molecule has 0 heterocycles. The van der Waals surface area contributed by atoms with Crippen molar-refractivity contribution in [3.05, 3.63) is 24.3 Å². The van der Waals surface area contributed by atoms with Crippen molar-refractivity contribution in [2.75, 3.05) is 25.9 Å². The second kappa shape index (κ2) is 7.36. The number of ether oxygens (including phenoxy) is 1. The van der Waals surface area contributed by atoms with Crippen molar-refractivity contribution >= 4 is 5.69 Å². The van der Waals surface area contributed by atoms with Crippen LogP contribution in [-0.4, -0.2) is 42.4 Å². The lowest BCUT2D eigenvalue weighted by Crippen LogP contribution is -2.40. The average molecular weight is 266 g/mol. The minimum absolute atomic E-state index is 0.253. The molecule has 0 aliphatic heterocycles. The molecule has 0 aliphatic carbocycles. The van der Waals surface area contributed by atoms with E-state index >= 15 is 0 Å². The molecule has 1 aromatic carbocycles. The molecule has 19 heavy (non-hydrogen) atoms. The molecule has 0 radical (unpaired) electrons. The summed E-state index contributed by atoms with van der Waals surface area (Å²) in [6.07, 6.45) is -0.522. The lowest BCUT2D eigenvalue weighted by Gasteiger charge is -2.29. The Morgan fingerprint density at radius 1 is 1.26 bits per heavy atom. The number of rotatable bonds is 7. The maximum Gasteiger partial charge on any atom is 0.142 e. The van der Waals surface area contributed by atoms with E-state index in [0.717, 1.165) is 0 Å². The van der Waals surface area contributed by atoms with Crippen LogP contribution in [0.5, 0.6) is 5.75 Å². The predicted octanol–water partition coefficient (Wildman–Crippen LogP) is 1.98. The van der Waals surface area contributed by atoms with Crippen LogP contribution in [0.15, 0.2) is 24.3 Å². The molecule has 2 unspecified atom stereocenters. The SMILES string of the molecule is CC(C)C(C)N(C)CC(O)COc1ccccc1N. The summed E-state index contributed by atoms with van der Waals surface area (Å²) in [5.41, 5.74) is 6.37. The quantitative estimate of drug-likeness (QED) is 0.741. The summed E-state index contributed by atoms with van der Waals surface area (Å²) in [5, 5.41) is 9.99. The van der Waals surface area contributed by atoms with Gasteiger partial charge in [-0.15, -0.1) is 0 Å². The molecule has 0 aromatic heterocycles. The second-order valence-electron chi connectivity index (χ2n) is 5.43. The van der Waals surface area contributed by atoms with Crippen molar-refractivity contribution in [1.29, 1.82) is 0 Å². The molecule has 108 valence electrons. The van der Waals surface area contributed by atoms with Crippen LogP contribution >= 0.6 is 0 Å². The van der Waals surface area contributed by atoms with Gasteiger partial charge in [0.1, 0.15) is 18.5 Å². The third-order valence-electron chi connectivity index (χ3n) is 3.51. The van der Waals surface area contributed by atoms with Crippen LogP contribution in [-0.2, 0) is 0 Å². The molecule has 0 saturated carbocycles. The zero-order valence-corrected chi connectivity index (χ0v) is 12.3.